The summed E-state index contributed by atoms with van der Waals surface area (Å²) in [6.45, 7) is 6.11. The van der Waals surface area contributed by atoms with E-state index in [1.165, 1.54) is 0 Å². The van der Waals surface area contributed by atoms with Gasteiger partial charge in [0.2, 0.25) is 0 Å². The number of halogens is 1. The van der Waals surface area contributed by atoms with Crippen LogP contribution >= 0.6 is 11.6 Å². The predicted octanol–water partition coefficient (Wildman–Crippen LogP) is 2.21. The molecule has 1 aromatic rings. The van der Waals surface area contributed by atoms with E-state index < -0.39 is 5.60 Å². The number of carbonyl (C=O) groups is 1. The van der Waals surface area contributed by atoms with E-state index in [1.54, 1.807) is 30.1 Å². The Morgan fingerprint density at radius 1 is 1.41 bits per heavy atom. The number of likely N-dealkylation sites (N-methyl/N-ethyl adjacent to an activating group) is 1. The Labute approximate surface area is 135 Å². The van der Waals surface area contributed by atoms with Crippen LogP contribution in [0.1, 0.15) is 31.9 Å². The molecule has 0 aromatic heterocycles. The summed E-state index contributed by atoms with van der Waals surface area (Å²) >= 11 is 6.03. The van der Waals surface area contributed by atoms with Gasteiger partial charge in [0.15, 0.2) is 5.84 Å². The summed E-state index contributed by atoms with van der Waals surface area (Å²) in [7, 11) is 1.80. The molecule has 0 heterocycles. The van der Waals surface area contributed by atoms with Crippen molar-refractivity contribution in [2.45, 2.75) is 32.9 Å². The fraction of sp³-hybridized carbons (Fsp3) is 0.467. The van der Waals surface area contributed by atoms with Crippen molar-refractivity contribution >= 4 is 23.4 Å². The van der Waals surface area contributed by atoms with Crippen LogP contribution in [0.15, 0.2) is 23.4 Å². The lowest BCUT2D eigenvalue weighted by Crippen LogP contribution is -2.32. The van der Waals surface area contributed by atoms with Gasteiger partial charge in [-0.05, 0) is 51.6 Å². The van der Waals surface area contributed by atoms with Crippen molar-refractivity contribution < 1.29 is 14.7 Å². The lowest BCUT2D eigenvalue weighted by atomic mass is 10.1. The highest BCUT2D eigenvalue weighted by atomic mass is 35.5. The first kappa shape index (κ1) is 18.3. The Balaban J connectivity index is 2.74. The van der Waals surface area contributed by atoms with Crippen LogP contribution in [-0.2, 0) is 16.1 Å². The summed E-state index contributed by atoms with van der Waals surface area (Å²) < 4.78 is 5.27. The number of oxime groups is 1. The van der Waals surface area contributed by atoms with Gasteiger partial charge >= 0.3 is 5.97 Å². The number of nitrogens with two attached hydrogens (primary N) is 1. The average molecular weight is 328 g/mol. The summed E-state index contributed by atoms with van der Waals surface area (Å²) in [5.74, 6) is -0.313. The average Bonchev–Trinajstić information content (AvgIpc) is 2.34. The van der Waals surface area contributed by atoms with Gasteiger partial charge < -0.3 is 15.7 Å². The smallest absolute Gasteiger partial charge is 0.320 e. The number of hydrogen-bond acceptors (Lipinski definition) is 5. The molecule has 7 heteroatoms. The molecule has 1 rings (SSSR count). The molecule has 0 spiro atoms. The molecule has 0 aliphatic rings. The zero-order chi connectivity index (χ0) is 16.9. The van der Waals surface area contributed by atoms with E-state index in [4.69, 9.17) is 27.3 Å². The minimum absolute atomic E-state index is 0.0152. The van der Waals surface area contributed by atoms with Crippen LogP contribution in [0.2, 0.25) is 5.02 Å². The molecule has 22 heavy (non-hydrogen) atoms. The molecule has 122 valence electrons. The number of benzene rings is 1. The second-order valence-electron chi connectivity index (χ2n) is 6.09. The van der Waals surface area contributed by atoms with E-state index in [0.717, 1.165) is 5.56 Å². The Kier molecular flexibility index (Phi) is 6.20. The van der Waals surface area contributed by atoms with Crippen molar-refractivity contribution in [1.82, 2.24) is 4.90 Å². The molecular formula is C15H22ClN3O3. The number of amidine groups is 1. The van der Waals surface area contributed by atoms with Crippen LogP contribution in [0.4, 0.5) is 0 Å². The maximum absolute atomic E-state index is 11.8. The first-order valence-corrected chi connectivity index (χ1v) is 7.16. The van der Waals surface area contributed by atoms with Crippen LogP contribution in [0, 0.1) is 0 Å². The predicted molar refractivity (Wildman–Crippen MR) is 86.1 cm³/mol. The third-order valence-corrected chi connectivity index (χ3v) is 2.85. The van der Waals surface area contributed by atoms with E-state index in [2.05, 4.69) is 5.16 Å². The van der Waals surface area contributed by atoms with Gasteiger partial charge in [-0.2, -0.15) is 0 Å². The first-order valence-electron chi connectivity index (χ1n) is 6.78. The lowest BCUT2D eigenvalue weighted by molar-refractivity contribution is -0.155. The molecule has 0 unspecified atom stereocenters. The molecule has 0 aliphatic heterocycles. The Bertz CT molecular complexity index is 568. The Morgan fingerprint density at radius 2 is 2.05 bits per heavy atom. The van der Waals surface area contributed by atoms with Crippen LogP contribution < -0.4 is 5.73 Å². The van der Waals surface area contributed by atoms with Crippen molar-refractivity contribution in [3.8, 4) is 0 Å². The van der Waals surface area contributed by atoms with E-state index in [9.17, 15) is 4.79 Å². The van der Waals surface area contributed by atoms with E-state index in [0.29, 0.717) is 17.1 Å². The number of carbonyl (C=O) groups excluding carboxylic acids is 1. The molecule has 0 aliphatic carbocycles. The number of esters is 1. The standard InChI is InChI=1S/C15H22ClN3O3/c1-15(2,3)22-13(20)9-19(4)8-10-5-11(14(17)18-21)7-12(16)6-10/h5-7,21H,8-9H2,1-4H3,(H2,17,18). The topological polar surface area (TPSA) is 88.2 Å². The van der Waals surface area contributed by atoms with E-state index in [1.807, 2.05) is 20.8 Å². The van der Waals surface area contributed by atoms with Crippen LogP contribution in [0.25, 0.3) is 0 Å². The molecule has 0 fully saturated rings. The van der Waals surface area contributed by atoms with Gasteiger partial charge in [0.1, 0.15) is 5.60 Å². The van der Waals surface area contributed by atoms with Gasteiger partial charge in [-0.3, -0.25) is 9.69 Å². The Hall–Kier alpha value is -1.79. The highest BCUT2D eigenvalue weighted by Gasteiger charge is 2.17. The normalized spacial score (nSPS) is 12.5. The zero-order valence-corrected chi connectivity index (χ0v) is 14.0. The van der Waals surface area contributed by atoms with Gasteiger partial charge in [-0.15, -0.1) is 0 Å². The third kappa shape index (κ3) is 6.32. The quantitative estimate of drug-likeness (QED) is 0.284. The minimum atomic E-state index is -0.507. The Morgan fingerprint density at radius 3 is 2.59 bits per heavy atom. The maximum Gasteiger partial charge on any atom is 0.320 e. The number of rotatable bonds is 5. The fourth-order valence-corrected chi connectivity index (χ4v) is 2.17. The second kappa shape index (κ2) is 7.47. The number of nitrogens with zero attached hydrogens (tertiary/aromatic N) is 2. The monoisotopic (exact) mass is 327 g/mol. The summed E-state index contributed by atoms with van der Waals surface area (Å²) in [5, 5.41) is 12.2. The molecular weight excluding hydrogens is 306 g/mol. The highest BCUT2D eigenvalue weighted by Crippen LogP contribution is 2.17. The number of hydrogen-bond donors (Lipinski definition) is 2. The van der Waals surface area contributed by atoms with Crippen LogP contribution in [0.5, 0.6) is 0 Å². The van der Waals surface area contributed by atoms with Crippen molar-refractivity contribution in [3.05, 3.63) is 34.3 Å². The molecule has 1 aromatic carbocycles. The van der Waals surface area contributed by atoms with E-state index >= 15 is 0 Å². The summed E-state index contributed by atoms with van der Waals surface area (Å²) in [4.78, 5) is 13.6. The fourth-order valence-electron chi connectivity index (χ4n) is 1.91. The third-order valence-electron chi connectivity index (χ3n) is 2.63. The molecule has 6 nitrogen and oxygen atoms in total. The van der Waals surface area contributed by atoms with Gasteiger partial charge in [-0.1, -0.05) is 16.8 Å². The van der Waals surface area contributed by atoms with Crippen LogP contribution in [-0.4, -0.2) is 41.1 Å². The van der Waals surface area contributed by atoms with Gasteiger partial charge in [0.25, 0.3) is 0 Å². The van der Waals surface area contributed by atoms with Crippen molar-refractivity contribution in [2.24, 2.45) is 10.9 Å². The summed E-state index contributed by atoms with van der Waals surface area (Å²) in [6, 6.07) is 5.13. The largest absolute Gasteiger partial charge is 0.459 e. The second-order valence-corrected chi connectivity index (χ2v) is 6.53. The van der Waals surface area contributed by atoms with Crippen molar-refractivity contribution in [1.29, 1.82) is 0 Å². The molecule has 3 N–H and O–H groups in total. The lowest BCUT2D eigenvalue weighted by Gasteiger charge is -2.22. The molecule has 0 amide bonds. The van der Waals surface area contributed by atoms with Gasteiger partial charge in [0.05, 0.1) is 6.54 Å². The van der Waals surface area contributed by atoms with Gasteiger partial charge in [-0.25, -0.2) is 0 Å². The van der Waals surface area contributed by atoms with Crippen molar-refractivity contribution in [2.75, 3.05) is 13.6 Å². The highest BCUT2D eigenvalue weighted by molar-refractivity contribution is 6.31. The number of ether oxygens (including phenoxy) is 1. The van der Waals surface area contributed by atoms with E-state index in [-0.39, 0.29) is 18.3 Å². The SMILES string of the molecule is CN(CC(=O)OC(C)(C)C)Cc1cc(Cl)cc(/C(N)=N/O)c1. The first-order chi connectivity index (χ1) is 10.1. The molecule has 0 saturated carbocycles. The zero-order valence-electron chi connectivity index (χ0n) is 13.3. The summed E-state index contributed by atoms with van der Waals surface area (Å²) in [5.41, 5.74) is 6.43. The molecule has 0 radical (unpaired) electrons. The van der Waals surface area contributed by atoms with Crippen LogP contribution in [0.3, 0.4) is 0 Å². The summed E-state index contributed by atoms with van der Waals surface area (Å²) in [6.07, 6.45) is 0. The molecule has 0 atom stereocenters. The van der Waals surface area contributed by atoms with Crippen molar-refractivity contribution in [3.63, 3.8) is 0 Å². The molecule has 0 saturated heterocycles. The molecule has 0 bridgehead atoms. The maximum atomic E-state index is 11.8. The minimum Gasteiger partial charge on any atom is -0.459 e. The van der Waals surface area contributed by atoms with Gasteiger partial charge in [0, 0.05) is 17.1 Å².